The maximum Gasteiger partial charge on any atom is 0.184 e. The van der Waals surface area contributed by atoms with Crippen LogP contribution in [0, 0.1) is 15.6 Å². The van der Waals surface area contributed by atoms with Gasteiger partial charge in [-0.15, -0.1) is 5.10 Å². The van der Waals surface area contributed by atoms with E-state index < -0.39 is 16.9 Å². The highest BCUT2D eigenvalue weighted by Crippen LogP contribution is 2.29. The quantitative estimate of drug-likeness (QED) is 0.334. The molecule has 0 radical (unpaired) electrons. The molecular formula is C17H12F2N2OS3. The predicted molar refractivity (Wildman–Crippen MR) is 98.3 cm³/mol. The highest BCUT2D eigenvalue weighted by Gasteiger charge is 2.20. The molecule has 0 saturated carbocycles. The zero-order valence-electron chi connectivity index (χ0n) is 13.0. The van der Waals surface area contributed by atoms with Crippen molar-refractivity contribution < 1.29 is 13.6 Å². The Labute approximate surface area is 156 Å². The van der Waals surface area contributed by atoms with Crippen molar-refractivity contribution in [3.63, 3.8) is 0 Å². The number of nitrogens with zero attached hydrogens (tertiary/aromatic N) is 2. The van der Waals surface area contributed by atoms with Crippen molar-refractivity contribution in [2.75, 3.05) is 0 Å². The van der Waals surface area contributed by atoms with Crippen LogP contribution in [0.2, 0.25) is 0 Å². The molecule has 3 rings (SSSR count). The number of Topliss-reactive ketones (excluding diaryl/α,β-unsaturated/α-hetero) is 1. The summed E-state index contributed by atoms with van der Waals surface area (Å²) in [5, 5.41) is 3.93. The highest BCUT2D eigenvalue weighted by atomic mass is 32.2. The molecule has 1 unspecified atom stereocenters. The first-order valence-corrected chi connectivity index (χ1v) is 9.37. The third-order valence-electron chi connectivity index (χ3n) is 3.38. The molecule has 3 nitrogen and oxygen atoms in total. The van der Waals surface area contributed by atoms with Crippen molar-refractivity contribution in [3.8, 4) is 5.69 Å². The lowest BCUT2D eigenvalue weighted by Crippen LogP contribution is -2.14. The number of thioether (sulfide) groups is 1. The monoisotopic (exact) mass is 394 g/mol. The second kappa shape index (κ2) is 7.55. The minimum Gasteiger partial charge on any atom is -0.293 e. The third kappa shape index (κ3) is 4.02. The van der Waals surface area contributed by atoms with Crippen LogP contribution in [0.4, 0.5) is 8.78 Å². The molecule has 0 amide bonds. The van der Waals surface area contributed by atoms with Gasteiger partial charge in [0.25, 0.3) is 0 Å². The maximum atomic E-state index is 13.3. The maximum absolute atomic E-state index is 13.3. The van der Waals surface area contributed by atoms with Crippen LogP contribution in [-0.4, -0.2) is 20.8 Å². The molecule has 0 aliphatic rings. The van der Waals surface area contributed by atoms with Gasteiger partial charge in [0.05, 0.1) is 10.9 Å². The molecule has 1 heterocycles. The number of aromatic nitrogens is 2. The number of hydrogen-bond acceptors (Lipinski definition) is 5. The molecule has 0 fully saturated rings. The van der Waals surface area contributed by atoms with Crippen molar-refractivity contribution in [2.45, 2.75) is 16.5 Å². The minimum absolute atomic E-state index is 0.130. The molecule has 0 N–H and O–H groups in total. The van der Waals surface area contributed by atoms with E-state index in [9.17, 15) is 13.6 Å². The smallest absolute Gasteiger partial charge is 0.184 e. The van der Waals surface area contributed by atoms with E-state index in [-0.39, 0.29) is 11.3 Å². The Morgan fingerprint density at radius 2 is 1.92 bits per heavy atom. The van der Waals surface area contributed by atoms with Crippen LogP contribution in [0.3, 0.4) is 0 Å². The Hall–Kier alpha value is -1.90. The number of carbonyl (C=O) groups is 1. The van der Waals surface area contributed by atoms with Crippen molar-refractivity contribution in [2.24, 2.45) is 0 Å². The second-order valence-corrected chi connectivity index (χ2v) is 8.35. The fraction of sp³-hybridized carbons (Fsp3) is 0.118. The molecule has 1 atom stereocenters. The Morgan fingerprint density at radius 1 is 1.20 bits per heavy atom. The van der Waals surface area contributed by atoms with E-state index in [4.69, 9.17) is 12.2 Å². The normalized spacial score (nSPS) is 12.1. The van der Waals surface area contributed by atoms with E-state index in [0.29, 0.717) is 8.29 Å². The zero-order chi connectivity index (χ0) is 18.0. The topological polar surface area (TPSA) is 34.9 Å². The van der Waals surface area contributed by atoms with Gasteiger partial charge in [0.15, 0.2) is 25.7 Å². The largest absolute Gasteiger partial charge is 0.293 e. The second-order valence-electron chi connectivity index (χ2n) is 5.13. The lowest BCUT2D eigenvalue weighted by molar-refractivity contribution is 0.0993. The van der Waals surface area contributed by atoms with Crippen LogP contribution in [-0.2, 0) is 0 Å². The third-order valence-corrected chi connectivity index (χ3v) is 5.80. The van der Waals surface area contributed by atoms with Crippen molar-refractivity contribution in [3.05, 3.63) is 69.7 Å². The van der Waals surface area contributed by atoms with Gasteiger partial charge in [0.1, 0.15) is 0 Å². The van der Waals surface area contributed by atoms with E-state index in [1.807, 2.05) is 30.3 Å². The summed E-state index contributed by atoms with van der Waals surface area (Å²) in [5.41, 5.74) is 0.972. The van der Waals surface area contributed by atoms with Gasteiger partial charge in [-0.1, -0.05) is 41.3 Å². The van der Waals surface area contributed by atoms with Gasteiger partial charge in [0.2, 0.25) is 0 Å². The van der Waals surface area contributed by atoms with Gasteiger partial charge in [-0.3, -0.25) is 4.79 Å². The van der Waals surface area contributed by atoms with Gasteiger partial charge < -0.3 is 0 Å². The Morgan fingerprint density at radius 3 is 2.60 bits per heavy atom. The number of carbonyl (C=O) groups excluding carboxylic acids is 1. The highest BCUT2D eigenvalue weighted by molar-refractivity contribution is 8.02. The number of hydrogen-bond donors (Lipinski definition) is 0. The minimum atomic E-state index is -1.04. The summed E-state index contributed by atoms with van der Waals surface area (Å²) in [7, 11) is 0. The number of para-hydroxylation sites is 1. The lowest BCUT2D eigenvalue weighted by atomic mass is 10.1. The van der Waals surface area contributed by atoms with E-state index in [2.05, 4.69) is 5.10 Å². The molecule has 8 heteroatoms. The predicted octanol–water partition coefficient (Wildman–Crippen LogP) is 5.30. The number of benzene rings is 2. The summed E-state index contributed by atoms with van der Waals surface area (Å²) in [4.78, 5) is 12.4. The van der Waals surface area contributed by atoms with Gasteiger partial charge in [0, 0.05) is 5.56 Å². The fourth-order valence-electron chi connectivity index (χ4n) is 2.13. The van der Waals surface area contributed by atoms with Crippen molar-refractivity contribution in [1.29, 1.82) is 0 Å². The molecule has 0 saturated heterocycles. The first-order chi connectivity index (χ1) is 12.0. The van der Waals surface area contributed by atoms with Crippen LogP contribution < -0.4 is 0 Å². The summed E-state index contributed by atoms with van der Waals surface area (Å²) in [6.45, 7) is 1.70. The molecule has 128 valence electrons. The fourth-order valence-corrected chi connectivity index (χ4v) is 4.71. The Kier molecular flexibility index (Phi) is 5.41. The molecule has 0 aliphatic carbocycles. The SMILES string of the molecule is CC(Sc1nn(-c2ccccc2)c(=S)s1)C(=O)c1ccc(F)c(F)c1. The summed E-state index contributed by atoms with van der Waals surface area (Å²) in [6, 6.07) is 12.6. The van der Waals surface area contributed by atoms with Crippen molar-refractivity contribution >= 4 is 41.1 Å². The van der Waals surface area contributed by atoms with E-state index in [0.717, 1.165) is 17.8 Å². The lowest BCUT2D eigenvalue weighted by Gasteiger charge is -2.08. The molecule has 0 bridgehead atoms. The van der Waals surface area contributed by atoms with E-state index >= 15 is 0 Å². The number of halogens is 2. The van der Waals surface area contributed by atoms with Crippen LogP contribution >= 0.6 is 35.3 Å². The standard InChI is InChI=1S/C17H12F2N2OS3/c1-10(15(22)11-7-8-13(18)14(19)9-11)24-16-20-21(17(23)25-16)12-5-3-2-4-6-12/h2-10H,1H3. The zero-order valence-corrected chi connectivity index (χ0v) is 15.4. The summed E-state index contributed by atoms with van der Waals surface area (Å²) >= 11 is 7.87. The molecule has 2 aromatic carbocycles. The van der Waals surface area contributed by atoms with Gasteiger partial charge in [-0.05, 0) is 49.5 Å². The number of rotatable bonds is 5. The summed E-state index contributed by atoms with van der Waals surface area (Å²) < 4.78 is 29.2. The van der Waals surface area contributed by atoms with Crippen LogP contribution in [0.5, 0.6) is 0 Å². The van der Waals surface area contributed by atoms with E-state index in [1.165, 1.54) is 29.2 Å². The van der Waals surface area contributed by atoms with Gasteiger partial charge >= 0.3 is 0 Å². The first-order valence-electron chi connectivity index (χ1n) is 7.27. The van der Waals surface area contributed by atoms with E-state index in [1.54, 1.807) is 11.6 Å². The molecule has 1 aromatic heterocycles. The summed E-state index contributed by atoms with van der Waals surface area (Å²) in [5.74, 6) is -2.31. The summed E-state index contributed by atoms with van der Waals surface area (Å²) in [6.07, 6.45) is 0. The number of ketones is 1. The van der Waals surface area contributed by atoms with Crippen molar-refractivity contribution in [1.82, 2.24) is 9.78 Å². The van der Waals surface area contributed by atoms with Gasteiger partial charge in [-0.25, -0.2) is 13.5 Å². The average molecular weight is 394 g/mol. The molecule has 3 aromatic rings. The average Bonchev–Trinajstić information content (AvgIpc) is 2.97. The van der Waals surface area contributed by atoms with Crippen LogP contribution in [0.25, 0.3) is 5.69 Å². The molecule has 0 aliphatic heterocycles. The van der Waals surface area contributed by atoms with Crippen LogP contribution in [0.15, 0.2) is 52.9 Å². The molecule has 25 heavy (non-hydrogen) atoms. The first kappa shape index (κ1) is 17.9. The molecular weight excluding hydrogens is 382 g/mol. The van der Waals surface area contributed by atoms with Gasteiger partial charge in [-0.2, -0.15) is 0 Å². The molecule has 0 spiro atoms. The van der Waals surface area contributed by atoms with Crippen LogP contribution in [0.1, 0.15) is 17.3 Å². The Balaban J connectivity index is 1.79. The Bertz CT molecular complexity index is 970.